The molecule has 0 spiro atoms. The molecule has 0 unspecified atom stereocenters. The Bertz CT molecular complexity index is 331. The minimum Gasteiger partial charge on any atom is -0.497 e. The van der Waals surface area contributed by atoms with E-state index in [1.807, 2.05) is 0 Å². The van der Waals surface area contributed by atoms with E-state index in [9.17, 15) is 4.79 Å². The first kappa shape index (κ1) is 12.4. The second-order valence-corrected chi connectivity index (χ2v) is 3.19. The molecule has 0 saturated carbocycles. The lowest BCUT2D eigenvalue weighted by molar-refractivity contribution is -0.150. The zero-order valence-corrected chi connectivity index (χ0v) is 9.73. The molecule has 0 fully saturated rings. The smallest absolute Gasteiger partial charge is 0.347 e. The summed E-state index contributed by atoms with van der Waals surface area (Å²) in [6.45, 7) is 3.77. The summed E-state index contributed by atoms with van der Waals surface area (Å²) in [7, 11) is 1.59. The lowest BCUT2D eigenvalue weighted by atomic mass is 10.3. The van der Waals surface area contributed by atoms with Crippen LogP contribution in [0.1, 0.15) is 13.8 Å². The van der Waals surface area contributed by atoms with Crippen LogP contribution in [0.25, 0.3) is 0 Å². The van der Waals surface area contributed by atoms with E-state index >= 15 is 0 Å². The number of benzene rings is 1. The van der Waals surface area contributed by atoms with Gasteiger partial charge in [-0.2, -0.15) is 0 Å². The summed E-state index contributed by atoms with van der Waals surface area (Å²) in [4.78, 5) is 11.3. The average Bonchev–Trinajstić information content (AvgIpc) is 2.30. The summed E-state index contributed by atoms with van der Waals surface area (Å²) in [6.07, 6.45) is -0.603. The molecule has 0 aliphatic carbocycles. The Morgan fingerprint density at radius 3 is 2.31 bits per heavy atom. The molecule has 4 nitrogen and oxygen atoms in total. The van der Waals surface area contributed by atoms with Gasteiger partial charge in [0, 0.05) is 0 Å². The number of rotatable bonds is 5. The highest BCUT2D eigenvalue weighted by molar-refractivity contribution is 5.74. The van der Waals surface area contributed by atoms with Crippen LogP contribution >= 0.6 is 0 Å². The first-order valence-corrected chi connectivity index (χ1v) is 5.14. The van der Waals surface area contributed by atoms with Gasteiger partial charge in [-0.1, -0.05) is 0 Å². The zero-order valence-electron chi connectivity index (χ0n) is 9.73. The number of carbonyl (C=O) groups is 1. The molecule has 0 aliphatic rings. The zero-order chi connectivity index (χ0) is 12.0. The molecule has 0 aliphatic heterocycles. The first-order chi connectivity index (χ1) is 7.67. The third-order valence-corrected chi connectivity index (χ3v) is 1.99. The van der Waals surface area contributed by atoms with Crippen molar-refractivity contribution in [2.75, 3.05) is 13.7 Å². The number of hydrogen-bond acceptors (Lipinski definition) is 4. The van der Waals surface area contributed by atoms with Crippen LogP contribution in [0.2, 0.25) is 0 Å². The molecule has 88 valence electrons. The third kappa shape index (κ3) is 3.46. The standard InChI is InChI=1S/C12H16O4/c1-4-15-12(13)9(2)16-11-7-5-10(14-3)6-8-11/h5-9H,4H2,1-3H3/t9-/m0/s1. The van der Waals surface area contributed by atoms with Gasteiger partial charge in [0.1, 0.15) is 11.5 Å². The summed E-state index contributed by atoms with van der Waals surface area (Å²) < 4.78 is 15.2. The van der Waals surface area contributed by atoms with Crippen molar-refractivity contribution in [3.63, 3.8) is 0 Å². The Kier molecular flexibility index (Phi) is 4.64. The highest BCUT2D eigenvalue weighted by Crippen LogP contribution is 2.18. The van der Waals surface area contributed by atoms with Gasteiger partial charge in [-0.3, -0.25) is 0 Å². The normalized spacial score (nSPS) is 11.7. The fraction of sp³-hybridized carbons (Fsp3) is 0.417. The molecule has 0 aromatic heterocycles. The molecule has 0 saturated heterocycles. The van der Waals surface area contributed by atoms with Crippen LogP contribution in [0.3, 0.4) is 0 Å². The Balaban J connectivity index is 2.55. The molecule has 16 heavy (non-hydrogen) atoms. The SMILES string of the molecule is CCOC(=O)[C@H](C)Oc1ccc(OC)cc1. The largest absolute Gasteiger partial charge is 0.497 e. The van der Waals surface area contributed by atoms with E-state index < -0.39 is 6.10 Å². The lowest BCUT2D eigenvalue weighted by Gasteiger charge is -2.13. The van der Waals surface area contributed by atoms with Crippen molar-refractivity contribution < 1.29 is 19.0 Å². The first-order valence-electron chi connectivity index (χ1n) is 5.14. The highest BCUT2D eigenvalue weighted by atomic mass is 16.6. The van der Waals surface area contributed by atoms with Crippen molar-refractivity contribution in [2.24, 2.45) is 0 Å². The van der Waals surface area contributed by atoms with Crippen LogP contribution in [0, 0.1) is 0 Å². The van der Waals surface area contributed by atoms with Gasteiger partial charge in [0.25, 0.3) is 0 Å². The number of carbonyl (C=O) groups excluding carboxylic acids is 1. The predicted octanol–water partition coefficient (Wildman–Crippen LogP) is 2.03. The minimum atomic E-state index is -0.603. The van der Waals surface area contributed by atoms with Gasteiger partial charge < -0.3 is 14.2 Å². The maximum Gasteiger partial charge on any atom is 0.347 e. The Morgan fingerprint density at radius 2 is 1.81 bits per heavy atom. The van der Waals surface area contributed by atoms with Gasteiger partial charge in [-0.05, 0) is 38.1 Å². The fourth-order valence-electron chi connectivity index (χ4n) is 1.17. The van der Waals surface area contributed by atoms with Gasteiger partial charge in [-0.15, -0.1) is 0 Å². The van der Waals surface area contributed by atoms with Crippen LogP contribution in [-0.2, 0) is 9.53 Å². The molecule has 4 heteroatoms. The summed E-state index contributed by atoms with van der Waals surface area (Å²) in [5, 5.41) is 0. The Hall–Kier alpha value is -1.71. The van der Waals surface area contributed by atoms with Crippen LogP contribution < -0.4 is 9.47 Å². The molecule has 0 N–H and O–H groups in total. The van der Waals surface area contributed by atoms with E-state index in [1.165, 1.54) is 0 Å². The average molecular weight is 224 g/mol. The van der Waals surface area contributed by atoms with Crippen LogP contribution in [0.5, 0.6) is 11.5 Å². The molecule has 0 amide bonds. The monoisotopic (exact) mass is 224 g/mol. The summed E-state index contributed by atoms with van der Waals surface area (Å²) in [6, 6.07) is 7.03. The molecule has 1 rings (SSSR count). The molecule has 1 aromatic rings. The molecule has 0 heterocycles. The summed E-state index contributed by atoms with van der Waals surface area (Å²) in [5.74, 6) is 0.996. The van der Waals surface area contributed by atoms with Crippen molar-refractivity contribution in [1.82, 2.24) is 0 Å². The fourth-order valence-corrected chi connectivity index (χ4v) is 1.17. The topological polar surface area (TPSA) is 44.8 Å². The Morgan fingerprint density at radius 1 is 1.25 bits per heavy atom. The summed E-state index contributed by atoms with van der Waals surface area (Å²) in [5.41, 5.74) is 0. The molecular formula is C12H16O4. The van der Waals surface area contributed by atoms with E-state index in [0.717, 1.165) is 5.75 Å². The quantitative estimate of drug-likeness (QED) is 0.718. The molecular weight excluding hydrogens is 208 g/mol. The van der Waals surface area contributed by atoms with Crippen molar-refractivity contribution in [3.05, 3.63) is 24.3 Å². The van der Waals surface area contributed by atoms with Crippen molar-refractivity contribution in [3.8, 4) is 11.5 Å². The highest BCUT2D eigenvalue weighted by Gasteiger charge is 2.15. The second-order valence-electron chi connectivity index (χ2n) is 3.19. The van der Waals surface area contributed by atoms with Crippen molar-refractivity contribution in [2.45, 2.75) is 20.0 Å². The molecule has 1 atom stereocenters. The van der Waals surface area contributed by atoms with E-state index in [1.54, 1.807) is 45.2 Å². The third-order valence-electron chi connectivity index (χ3n) is 1.99. The molecule has 0 radical (unpaired) electrons. The molecule has 0 bridgehead atoms. The van der Waals surface area contributed by atoms with E-state index in [4.69, 9.17) is 14.2 Å². The van der Waals surface area contributed by atoms with Gasteiger partial charge in [-0.25, -0.2) is 4.79 Å². The number of methoxy groups -OCH3 is 1. The Labute approximate surface area is 95.1 Å². The van der Waals surface area contributed by atoms with Crippen LogP contribution in [0.4, 0.5) is 0 Å². The van der Waals surface area contributed by atoms with Gasteiger partial charge in [0.2, 0.25) is 0 Å². The van der Waals surface area contributed by atoms with Gasteiger partial charge in [0.05, 0.1) is 13.7 Å². The van der Waals surface area contributed by atoms with E-state index in [-0.39, 0.29) is 5.97 Å². The summed E-state index contributed by atoms with van der Waals surface area (Å²) >= 11 is 0. The molecule has 1 aromatic carbocycles. The van der Waals surface area contributed by atoms with E-state index in [0.29, 0.717) is 12.4 Å². The number of hydrogen-bond donors (Lipinski definition) is 0. The second kappa shape index (κ2) is 6.00. The van der Waals surface area contributed by atoms with E-state index in [2.05, 4.69) is 0 Å². The van der Waals surface area contributed by atoms with Crippen LogP contribution in [0.15, 0.2) is 24.3 Å². The van der Waals surface area contributed by atoms with Gasteiger partial charge in [0.15, 0.2) is 6.10 Å². The van der Waals surface area contributed by atoms with Crippen LogP contribution in [-0.4, -0.2) is 25.8 Å². The number of esters is 1. The maximum atomic E-state index is 11.3. The minimum absolute atomic E-state index is 0.356. The number of ether oxygens (including phenoxy) is 3. The van der Waals surface area contributed by atoms with Crippen molar-refractivity contribution in [1.29, 1.82) is 0 Å². The predicted molar refractivity (Wildman–Crippen MR) is 59.7 cm³/mol. The van der Waals surface area contributed by atoms with Crippen molar-refractivity contribution >= 4 is 5.97 Å². The maximum absolute atomic E-state index is 11.3. The van der Waals surface area contributed by atoms with Gasteiger partial charge >= 0.3 is 5.97 Å². The lowest BCUT2D eigenvalue weighted by Crippen LogP contribution is -2.25.